The van der Waals surface area contributed by atoms with Crippen molar-refractivity contribution < 1.29 is 4.79 Å². The molecular formula is C21H26N6O. The van der Waals surface area contributed by atoms with Crippen LogP contribution >= 0.6 is 0 Å². The van der Waals surface area contributed by atoms with Gasteiger partial charge in [0.1, 0.15) is 5.82 Å². The van der Waals surface area contributed by atoms with Gasteiger partial charge in [0.25, 0.3) is 0 Å². The largest absolute Gasteiger partial charge is 0.342 e. The third-order valence-electron chi connectivity index (χ3n) is 5.49. The molecule has 0 saturated carbocycles. The second-order valence-electron chi connectivity index (χ2n) is 7.43. The molecule has 3 heterocycles. The first-order valence-electron chi connectivity index (χ1n) is 9.86. The topological polar surface area (TPSA) is 68.8 Å². The zero-order chi connectivity index (χ0) is 19.3. The minimum atomic E-state index is 0.231. The number of carbonyl (C=O) groups is 1. The molecule has 1 atom stereocenters. The fraction of sp³-hybridized carbons (Fsp3) is 0.429. The number of carbonyl (C=O) groups excluding carboxylic acids is 1. The highest BCUT2D eigenvalue weighted by Crippen LogP contribution is 2.26. The molecule has 1 amide bonds. The SMILES string of the molecule is Cn1c(Cn2ccnc2)nnc1[C@H]1CCCN(C(=O)CCc2ccccc2)C1. The molecule has 1 fully saturated rings. The van der Waals surface area contributed by atoms with Gasteiger partial charge in [0.2, 0.25) is 5.91 Å². The number of aromatic nitrogens is 5. The van der Waals surface area contributed by atoms with Gasteiger partial charge in [0.15, 0.2) is 5.82 Å². The number of benzene rings is 1. The molecule has 146 valence electrons. The van der Waals surface area contributed by atoms with Crippen LogP contribution in [0.5, 0.6) is 0 Å². The first-order valence-corrected chi connectivity index (χ1v) is 9.86. The zero-order valence-corrected chi connectivity index (χ0v) is 16.2. The van der Waals surface area contributed by atoms with Crippen LogP contribution in [-0.4, -0.2) is 48.2 Å². The average molecular weight is 378 g/mol. The van der Waals surface area contributed by atoms with Gasteiger partial charge < -0.3 is 14.0 Å². The lowest BCUT2D eigenvalue weighted by Crippen LogP contribution is -2.39. The Morgan fingerprint density at radius 3 is 2.86 bits per heavy atom. The highest BCUT2D eigenvalue weighted by Gasteiger charge is 2.28. The second-order valence-corrected chi connectivity index (χ2v) is 7.43. The number of hydrogen-bond donors (Lipinski definition) is 0. The summed E-state index contributed by atoms with van der Waals surface area (Å²) < 4.78 is 4.05. The van der Waals surface area contributed by atoms with Crippen molar-refractivity contribution in [3.63, 3.8) is 0 Å². The molecule has 0 aliphatic carbocycles. The quantitative estimate of drug-likeness (QED) is 0.660. The molecule has 1 saturated heterocycles. The molecule has 4 rings (SSSR count). The van der Waals surface area contributed by atoms with Crippen molar-refractivity contribution in [2.24, 2.45) is 7.05 Å². The fourth-order valence-electron chi connectivity index (χ4n) is 3.88. The first-order chi connectivity index (χ1) is 13.7. The van der Waals surface area contributed by atoms with Crippen LogP contribution in [0.25, 0.3) is 0 Å². The summed E-state index contributed by atoms with van der Waals surface area (Å²) in [5.41, 5.74) is 1.21. The molecule has 0 spiro atoms. The molecule has 3 aromatic rings. The van der Waals surface area contributed by atoms with E-state index in [1.807, 2.05) is 40.9 Å². The Labute approximate surface area is 165 Å². The lowest BCUT2D eigenvalue weighted by Gasteiger charge is -2.32. The lowest BCUT2D eigenvalue weighted by atomic mass is 9.96. The fourth-order valence-corrected chi connectivity index (χ4v) is 3.88. The summed E-state index contributed by atoms with van der Waals surface area (Å²) >= 11 is 0. The van der Waals surface area contributed by atoms with E-state index in [1.54, 1.807) is 12.5 Å². The number of imidazole rings is 1. The molecule has 7 nitrogen and oxygen atoms in total. The van der Waals surface area contributed by atoms with Crippen LogP contribution < -0.4 is 0 Å². The van der Waals surface area contributed by atoms with Crippen molar-refractivity contribution >= 4 is 5.91 Å². The van der Waals surface area contributed by atoms with Crippen molar-refractivity contribution in [3.05, 3.63) is 66.3 Å². The number of aryl methyl sites for hydroxylation is 1. The Hall–Kier alpha value is -2.96. The summed E-state index contributed by atoms with van der Waals surface area (Å²) in [6.45, 7) is 2.21. The summed E-state index contributed by atoms with van der Waals surface area (Å²) in [4.78, 5) is 18.8. The van der Waals surface area contributed by atoms with Crippen molar-refractivity contribution in [1.82, 2.24) is 29.2 Å². The van der Waals surface area contributed by atoms with Crippen LogP contribution in [0.3, 0.4) is 0 Å². The first kappa shape index (κ1) is 18.4. The standard InChI is InChI=1S/C21H26N6O/c1-25-19(15-26-13-11-22-16-26)23-24-21(25)18-8-5-12-27(14-18)20(28)10-9-17-6-3-2-4-7-17/h2-4,6-7,11,13,16,18H,5,8-10,12,14-15H2,1H3/t18-/m0/s1. The summed E-state index contributed by atoms with van der Waals surface area (Å²) in [6, 6.07) is 10.2. The van der Waals surface area contributed by atoms with E-state index in [4.69, 9.17) is 0 Å². The monoisotopic (exact) mass is 378 g/mol. The molecule has 1 aromatic carbocycles. The van der Waals surface area contributed by atoms with E-state index in [0.29, 0.717) is 13.0 Å². The van der Waals surface area contributed by atoms with Gasteiger partial charge >= 0.3 is 0 Å². The number of amides is 1. The molecule has 0 radical (unpaired) electrons. The maximum Gasteiger partial charge on any atom is 0.222 e. The van der Waals surface area contributed by atoms with Crippen molar-refractivity contribution in [2.45, 2.75) is 38.1 Å². The molecule has 28 heavy (non-hydrogen) atoms. The van der Waals surface area contributed by atoms with E-state index in [1.165, 1.54) is 5.56 Å². The van der Waals surface area contributed by atoms with Gasteiger partial charge in [-0.2, -0.15) is 0 Å². The van der Waals surface area contributed by atoms with Crippen molar-refractivity contribution in [3.8, 4) is 0 Å². The minimum absolute atomic E-state index is 0.231. The normalized spacial score (nSPS) is 17.0. The molecule has 0 N–H and O–H groups in total. The van der Waals surface area contributed by atoms with Gasteiger partial charge in [0, 0.05) is 44.9 Å². The summed E-state index contributed by atoms with van der Waals surface area (Å²) in [5.74, 6) is 2.34. The Morgan fingerprint density at radius 1 is 1.21 bits per heavy atom. The summed E-state index contributed by atoms with van der Waals surface area (Å²) in [7, 11) is 2.01. The van der Waals surface area contributed by atoms with Crippen LogP contribution in [0.2, 0.25) is 0 Å². The van der Waals surface area contributed by atoms with Crippen LogP contribution in [0.4, 0.5) is 0 Å². The van der Waals surface area contributed by atoms with E-state index in [2.05, 4.69) is 31.9 Å². The minimum Gasteiger partial charge on any atom is -0.342 e. The van der Waals surface area contributed by atoms with E-state index in [-0.39, 0.29) is 11.8 Å². The van der Waals surface area contributed by atoms with Crippen molar-refractivity contribution in [1.29, 1.82) is 0 Å². The van der Waals surface area contributed by atoms with Gasteiger partial charge in [-0.05, 0) is 24.8 Å². The van der Waals surface area contributed by atoms with Gasteiger partial charge in [-0.1, -0.05) is 30.3 Å². The van der Waals surface area contributed by atoms with Crippen LogP contribution in [-0.2, 0) is 24.8 Å². The number of hydrogen-bond acceptors (Lipinski definition) is 4. The Morgan fingerprint density at radius 2 is 2.07 bits per heavy atom. The van der Waals surface area contributed by atoms with Crippen molar-refractivity contribution in [2.75, 3.05) is 13.1 Å². The third kappa shape index (κ3) is 4.13. The molecule has 0 bridgehead atoms. The van der Waals surface area contributed by atoms with Gasteiger partial charge in [0.05, 0.1) is 12.9 Å². The number of nitrogens with zero attached hydrogens (tertiary/aromatic N) is 6. The predicted molar refractivity (Wildman–Crippen MR) is 106 cm³/mol. The van der Waals surface area contributed by atoms with Crippen LogP contribution in [0.1, 0.15) is 42.4 Å². The summed E-state index contributed by atoms with van der Waals surface area (Å²) in [6.07, 6.45) is 8.85. The zero-order valence-electron chi connectivity index (χ0n) is 16.2. The second kappa shape index (κ2) is 8.37. The maximum atomic E-state index is 12.7. The Bertz CT molecular complexity index is 902. The maximum absolute atomic E-state index is 12.7. The predicted octanol–water partition coefficient (Wildman–Crippen LogP) is 2.40. The smallest absolute Gasteiger partial charge is 0.222 e. The highest BCUT2D eigenvalue weighted by atomic mass is 16.2. The average Bonchev–Trinajstić information content (AvgIpc) is 3.38. The molecule has 1 aliphatic heterocycles. The molecule has 1 aliphatic rings. The molecule has 0 unspecified atom stereocenters. The van der Waals surface area contributed by atoms with E-state index < -0.39 is 0 Å². The lowest BCUT2D eigenvalue weighted by molar-refractivity contribution is -0.132. The third-order valence-corrected chi connectivity index (χ3v) is 5.49. The molecule has 2 aromatic heterocycles. The van der Waals surface area contributed by atoms with E-state index >= 15 is 0 Å². The summed E-state index contributed by atoms with van der Waals surface area (Å²) in [5, 5.41) is 8.82. The van der Waals surface area contributed by atoms with Crippen LogP contribution in [0, 0.1) is 0 Å². The Balaban J connectivity index is 1.38. The van der Waals surface area contributed by atoms with Crippen LogP contribution in [0.15, 0.2) is 49.1 Å². The van der Waals surface area contributed by atoms with E-state index in [0.717, 1.165) is 44.0 Å². The number of rotatable bonds is 6. The van der Waals surface area contributed by atoms with E-state index in [9.17, 15) is 4.79 Å². The van der Waals surface area contributed by atoms with Gasteiger partial charge in [-0.25, -0.2) is 4.98 Å². The Kier molecular flexibility index (Phi) is 5.50. The molecule has 7 heteroatoms. The van der Waals surface area contributed by atoms with Gasteiger partial charge in [-0.15, -0.1) is 10.2 Å². The highest BCUT2D eigenvalue weighted by molar-refractivity contribution is 5.76. The number of likely N-dealkylation sites (tertiary alicyclic amines) is 1. The molecular weight excluding hydrogens is 352 g/mol. The number of piperidine rings is 1. The van der Waals surface area contributed by atoms with Gasteiger partial charge in [-0.3, -0.25) is 4.79 Å².